The van der Waals surface area contributed by atoms with Crippen LogP contribution in [-0.4, -0.2) is 47.7 Å². The van der Waals surface area contributed by atoms with E-state index in [1.165, 1.54) is 11.1 Å². The molecular formula is C28H48BrNO4. The van der Waals surface area contributed by atoms with Gasteiger partial charge in [-0.3, -0.25) is 14.5 Å². The van der Waals surface area contributed by atoms with E-state index in [1.807, 2.05) is 41.5 Å². The summed E-state index contributed by atoms with van der Waals surface area (Å²) < 4.78 is 11.5. The van der Waals surface area contributed by atoms with E-state index in [9.17, 15) is 9.59 Å². The summed E-state index contributed by atoms with van der Waals surface area (Å²) in [5, 5.41) is 0. The lowest BCUT2D eigenvalue weighted by molar-refractivity contribution is -0.159. The second kappa shape index (κ2) is 17.7. The van der Waals surface area contributed by atoms with Gasteiger partial charge < -0.3 is 9.47 Å². The first kappa shape index (κ1) is 34.5. The van der Waals surface area contributed by atoms with Crippen LogP contribution < -0.4 is 0 Å². The Hall–Kier alpha value is -1.66. The molecule has 34 heavy (non-hydrogen) atoms. The van der Waals surface area contributed by atoms with Crippen molar-refractivity contribution >= 4 is 28.9 Å². The molecule has 0 amide bonds. The van der Waals surface area contributed by atoms with E-state index >= 15 is 0 Å². The summed E-state index contributed by atoms with van der Waals surface area (Å²) in [6.45, 7) is 22.3. The molecule has 0 aliphatic heterocycles. The van der Waals surface area contributed by atoms with Gasteiger partial charge in [0.15, 0.2) is 0 Å². The van der Waals surface area contributed by atoms with E-state index in [0.29, 0.717) is 19.4 Å². The van der Waals surface area contributed by atoms with Crippen molar-refractivity contribution in [3.05, 3.63) is 48.6 Å². The van der Waals surface area contributed by atoms with Gasteiger partial charge in [0, 0.05) is 0 Å². The molecule has 0 rings (SSSR count). The fourth-order valence-corrected chi connectivity index (χ4v) is 3.23. The maximum absolute atomic E-state index is 12.7. The van der Waals surface area contributed by atoms with Crippen molar-refractivity contribution in [2.24, 2.45) is 0 Å². The number of carbonyl (C=O) groups excluding carboxylic acids is 2. The molecule has 0 heterocycles. The standard InChI is InChI=1S/C28H47NO4.BrH/c1-10-13-20-29(21-25(30)32-27(8,11-2)18-14-16-23(4)5)22-26(31)33-28(9,12-3)19-15-17-24(6)7;/h11-12,16-17H,2-3,10,13-15,18-22H2,1,4-9H3;1H. The zero-order chi connectivity index (χ0) is 25.5. The van der Waals surface area contributed by atoms with Gasteiger partial charge in [-0.05, 0) is 92.3 Å². The number of carbonyl (C=O) groups is 2. The Kier molecular flexibility index (Phi) is 18.0. The number of hydrogen-bond acceptors (Lipinski definition) is 5. The number of unbranched alkanes of at least 4 members (excludes halogenated alkanes) is 1. The van der Waals surface area contributed by atoms with Gasteiger partial charge in [0.2, 0.25) is 0 Å². The van der Waals surface area contributed by atoms with Crippen LogP contribution in [0.4, 0.5) is 0 Å². The molecule has 0 fully saturated rings. The quantitative estimate of drug-likeness (QED) is 0.145. The molecule has 0 aromatic rings. The van der Waals surface area contributed by atoms with Gasteiger partial charge in [-0.15, -0.1) is 17.0 Å². The Morgan fingerprint density at radius 2 is 1.21 bits per heavy atom. The van der Waals surface area contributed by atoms with Crippen LogP contribution in [0, 0.1) is 0 Å². The van der Waals surface area contributed by atoms with Crippen LogP contribution in [0.5, 0.6) is 0 Å². The topological polar surface area (TPSA) is 55.8 Å². The number of halogens is 1. The van der Waals surface area contributed by atoms with Crippen LogP contribution in [0.25, 0.3) is 0 Å². The molecule has 0 aromatic carbocycles. The van der Waals surface area contributed by atoms with Gasteiger partial charge in [-0.2, -0.15) is 0 Å². The predicted octanol–water partition coefficient (Wildman–Crippen LogP) is 7.14. The van der Waals surface area contributed by atoms with E-state index in [4.69, 9.17) is 9.47 Å². The van der Waals surface area contributed by atoms with Crippen molar-refractivity contribution in [1.82, 2.24) is 4.90 Å². The maximum Gasteiger partial charge on any atom is 0.321 e. The number of hydrogen-bond donors (Lipinski definition) is 0. The number of ether oxygens (including phenoxy) is 2. The average molecular weight is 543 g/mol. The van der Waals surface area contributed by atoms with Crippen LogP contribution in [0.1, 0.15) is 87.0 Å². The van der Waals surface area contributed by atoms with Crippen LogP contribution in [0.3, 0.4) is 0 Å². The summed E-state index contributed by atoms with van der Waals surface area (Å²) in [6, 6.07) is 0. The van der Waals surface area contributed by atoms with E-state index in [-0.39, 0.29) is 42.0 Å². The predicted molar refractivity (Wildman–Crippen MR) is 148 cm³/mol. The van der Waals surface area contributed by atoms with Crippen molar-refractivity contribution in [2.75, 3.05) is 19.6 Å². The highest BCUT2D eigenvalue weighted by Crippen LogP contribution is 2.22. The largest absolute Gasteiger partial charge is 0.454 e. The van der Waals surface area contributed by atoms with E-state index in [1.54, 1.807) is 17.1 Å². The Morgan fingerprint density at radius 1 is 0.824 bits per heavy atom. The first-order valence-electron chi connectivity index (χ1n) is 12.1. The molecule has 0 N–H and O–H groups in total. The first-order chi connectivity index (χ1) is 15.4. The van der Waals surface area contributed by atoms with Crippen LogP contribution in [0.15, 0.2) is 48.6 Å². The number of rotatable bonds is 17. The molecule has 6 heteroatoms. The molecule has 0 spiro atoms. The lowest BCUT2D eigenvalue weighted by Gasteiger charge is -2.29. The monoisotopic (exact) mass is 541 g/mol. The first-order valence-corrected chi connectivity index (χ1v) is 12.1. The molecule has 0 saturated heterocycles. The number of allylic oxidation sites excluding steroid dienone is 4. The lowest BCUT2D eigenvalue weighted by atomic mass is 9.99. The minimum Gasteiger partial charge on any atom is -0.454 e. The average Bonchev–Trinajstić information content (AvgIpc) is 2.71. The molecular weight excluding hydrogens is 494 g/mol. The fourth-order valence-electron chi connectivity index (χ4n) is 3.23. The summed E-state index contributed by atoms with van der Waals surface area (Å²) in [5.74, 6) is -0.734. The molecule has 2 unspecified atom stereocenters. The third-order valence-electron chi connectivity index (χ3n) is 5.48. The second-order valence-corrected chi connectivity index (χ2v) is 9.69. The number of nitrogens with zero attached hydrogens (tertiary/aromatic N) is 1. The third-order valence-corrected chi connectivity index (χ3v) is 5.48. The highest BCUT2D eigenvalue weighted by Gasteiger charge is 2.28. The minimum atomic E-state index is -0.744. The van der Waals surface area contributed by atoms with Crippen molar-refractivity contribution in [1.29, 1.82) is 0 Å². The summed E-state index contributed by atoms with van der Waals surface area (Å²) in [4.78, 5) is 27.2. The van der Waals surface area contributed by atoms with Crippen molar-refractivity contribution in [3.8, 4) is 0 Å². The molecule has 2 atom stereocenters. The SMILES string of the molecule is Br.C=CC(C)(CCC=C(C)C)OC(=O)CN(CCCC)CC(=O)OC(C)(C=C)CCC=C(C)C. The Labute approximate surface area is 219 Å². The van der Waals surface area contributed by atoms with Crippen molar-refractivity contribution < 1.29 is 19.1 Å². The number of esters is 2. The fraction of sp³-hybridized carbons (Fsp3) is 0.643. The van der Waals surface area contributed by atoms with Gasteiger partial charge in [0.05, 0.1) is 13.1 Å². The maximum atomic E-state index is 12.7. The van der Waals surface area contributed by atoms with E-state index in [2.05, 4.69) is 32.2 Å². The highest BCUT2D eigenvalue weighted by atomic mass is 79.9. The van der Waals surface area contributed by atoms with Crippen LogP contribution >= 0.6 is 17.0 Å². The lowest BCUT2D eigenvalue weighted by Crippen LogP contribution is -2.41. The van der Waals surface area contributed by atoms with Gasteiger partial charge in [-0.1, -0.05) is 49.8 Å². The molecule has 0 radical (unpaired) electrons. The smallest absolute Gasteiger partial charge is 0.321 e. The van der Waals surface area contributed by atoms with Crippen molar-refractivity contribution in [3.63, 3.8) is 0 Å². The van der Waals surface area contributed by atoms with Gasteiger partial charge in [0.25, 0.3) is 0 Å². The van der Waals surface area contributed by atoms with Gasteiger partial charge in [0.1, 0.15) is 11.2 Å². The molecule has 0 aromatic heterocycles. The molecule has 0 bridgehead atoms. The summed E-state index contributed by atoms with van der Waals surface area (Å²) in [7, 11) is 0. The zero-order valence-corrected chi connectivity index (χ0v) is 24.3. The Bertz CT molecular complexity index is 651. The zero-order valence-electron chi connectivity index (χ0n) is 22.6. The molecule has 5 nitrogen and oxygen atoms in total. The van der Waals surface area contributed by atoms with E-state index in [0.717, 1.165) is 25.7 Å². The minimum absolute atomic E-state index is 0. The molecule has 0 saturated carbocycles. The van der Waals surface area contributed by atoms with Gasteiger partial charge >= 0.3 is 11.9 Å². The Morgan fingerprint density at radius 3 is 1.50 bits per heavy atom. The Balaban J connectivity index is 0. The normalized spacial score (nSPS) is 14.0. The molecule has 0 aliphatic carbocycles. The second-order valence-electron chi connectivity index (χ2n) is 9.69. The highest BCUT2D eigenvalue weighted by molar-refractivity contribution is 8.93. The van der Waals surface area contributed by atoms with Crippen LogP contribution in [0.2, 0.25) is 0 Å². The van der Waals surface area contributed by atoms with Crippen LogP contribution in [-0.2, 0) is 19.1 Å². The summed E-state index contributed by atoms with van der Waals surface area (Å²) in [6.07, 6.45) is 12.3. The van der Waals surface area contributed by atoms with E-state index < -0.39 is 11.2 Å². The summed E-state index contributed by atoms with van der Waals surface area (Å²) >= 11 is 0. The van der Waals surface area contributed by atoms with Gasteiger partial charge in [-0.25, -0.2) is 0 Å². The molecule has 0 aliphatic rings. The third kappa shape index (κ3) is 16.0. The summed E-state index contributed by atoms with van der Waals surface area (Å²) in [5.41, 5.74) is 0.965. The molecule has 196 valence electrons. The van der Waals surface area contributed by atoms with Crippen molar-refractivity contribution in [2.45, 2.75) is 98.2 Å².